The fourth-order valence-corrected chi connectivity index (χ4v) is 4.05. The standard InChI is InChI=1S/C20H25N5O2/c26-18-4-2-11-24(18)15-19(27)23-10-1-3-17(14-23)20-22-9-12-25(20)13-16-5-7-21-8-6-16/h5-9,12,17H,1-4,10-11,13-15H2/t17-/m1/s1. The lowest BCUT2D eigenvalue weighted by molar-refractivity contribution is -0.139. The molecule has 0 unspecified atom stereocenters. The molecule has 0 bridgehead atoms. The molecule has 2 amide bonds. The molecule has 0 aromatic carbocycles. The molecule has 0 N–H and O–H groups in total. The minimum Gasteiger partial charge on any atom is -0.340 e. The zero-order chi connectivity index (χ0) is 18.6. The number of rotatable bonds is 5. The first-order chi connectivity index (χ1) is 13.2. The monoisotopic (exact) mass is 367 g/mol. The van der Waals surface area contributed by atoms with Crippen LogP contribution in [0.25, 0.3) is 0 Å². The van der Waals surface area contributed by atoms with Crippen LogP contribution in [0.15, 0.2) is 36.9 Å². The molecule has 2 aliphatic rings. The van der Waals surface area contributed by atoms with Crippen molar-refractivity contribution in [1.29, 1.82) is 0 Å². The molecule has 2 aliphatic heterocycles. The van der Waals surface area contributed by atoms with Gasteiger partial charge >= 0.3 is 0 Å². The Morgan fingerprint density at radius 2 is 2.00 bits per heavy atom. The molecular formula is C20H25N5O2. The molecule has 0 spiro atoms. The van der Waals surface area contributed by atoms with E-state index in [0.29, 0.717) is 19.5 Å². The van der Waals surface area contributed by atoms with Gasteiger partial charge < -0.3 is 14.4 Å². The number of aromatic nitrogens is 3. The molecule has 4 heterocycles. The van der Waals surface area contributed by atoms with Gasteiger partial charge in [0.15, 0.2) is 0 Å². The van der Waals surface area contributed by atoms with E-state index in [0.717, 1.165) is 38.2 Å². The Balaban J connectivity index is 1.42. The molecule has 1 atom stereocenters. The molecule has 0 radical (unpaired) electrons. The topological polar surface area (TPSA) is 71.3 Å². The summed E-state index contributed by atoms with van der Waals surface area (Å²) in [5.74, 6) is 1.42. The first-order valence-electron chi connectivity index (χ1n) is 9.66. The molecule has 2 fully saturated rings. The molecule has 4 rings (SSSR count). The predicted molar refractivity (Wildman–Crippen MR) is 99.9 cm³/mol. The van der Waals surface area contributed by atoms with Crippen molar-refractivity contribution in [3.05, 3.63) is 48.3 Å². The Kier molecular flexibility index (Phi) is 5.18. The lowest BCUT2D eigenvalue weighted by Crippen LogP contribution is -2.45. The van der Waals surface area contributed by atoms with Gasteiger partial charge in [-0.1, -0.05) is 0 Å². The molecule has 142 valence electrons. The highest BCUT2D eigenvalue weighted by Gasteiger charge is 2.30. The lowest BCUT2D eigenvalue weighted by Gasteiger charge is -2.33. The maximum atomic E-state index is 12.7. The van der Waals surface area contributed by atoms with Crippen LogP contribution in [0.4, 0.5) is 0 Å². The Morgan fingerprint density at radius 1 is 1.15 bits per heavy atom. The van der Waals surface area contributed by atoms with Crippen molar-refractivity contribution in [1.82, 2.24) is 24.3 Å². The molecule has 7 heteroatoms. The van der Waals surface area contributed by atoms with E-state index >= 15 is 0 Å². The molecule has 27 heavy (non-hydrogen) atoms. The third-order valence-corrected chi connectivity index (χ3v) is 5.49. The van der Waals surface area contributed by atoms with Crippen molar-refractivity contribution in [2.75, 3.05) is 26.2 Å². The van der Waals surface area contributed by atoms with Crippen LogP contribution in [0, 0.1) is 0 Å². The summed E-state index contributed by atoms with van der Waals surface area (Å²) in [4.78, 5) is 36.7. The quantitative estimate of drug-likeness (QED) is 0.806. The molecule has 0 saturated carbocycles. The summed E-state index contributed by atoms with van der Waals surface area (Å²) in [6.45, 7) is 3.12. The summed E-state index contributed by atoms with van der Waals surface area (Å²) in [7, 11) is 0. The van der Waals surface area contributed by atoms with E-state index in [9.17, 15) is 9.59 Å². The Labute approximate surface area is 159 Å². The van der Waals surface area contributed by atoms with Crippen LogP contribution in [-0.4, -0.2) is 62.3 Å². The molecular weight excluding hydrogens is 342 g/mol. The van der Waals surface area contributed by atoms with Crippen LogP contribution in [0.5, 0.6) is 0 Å². The number of pyridine rings is 1. The summed E-state index contributed by atoms with van der Waals surface area (Å²) in [5, 5.41) is 0. The van der Waals surface area contributed by atoms with Crippen molar-refractivity contribution >= 4 is 11.8 Å². The van der Waals surface area contributed by atoms with Crippen molar-refractivity contribution < 1.29 is 9.59 Å². The van der Waals surface area contributed by atoms with Crippen molar-refractivity contribution in [2.24, 2.45) is 0 Å². The first kappa shape index (κ1) is 17.7. The molecule has 2 saturated heterocycles. The largest absolute Gasteiger partial charge is 0.340 e. The summed E-state index contributed by atoms with van der Waals surface area (Å²) in [6, 6.07) is 4.01. The average molecular weight is 367 g/mol. The maximum absolute atomic E-state index is 12.7. The first-order valence-corrected chi connectivity index (χ1v) is 9.66. The minimum absolute atomic E-state index is 0.0576. The van der Waals surface area contributed by atoms with Gasteiger partial charge in [0, 0.05) is 63.3 Å². The smallest absolute Gasteiger partial charge is 0.242 e. The van der Waals surface area contributed by atoms with E-state index in [2.05, 4.69) is 14.5 Å². The van der Waals surface area contributed by atoms with Crippen LogP contribution in [0.3, 0.4) is 0 Å². The van der Waals surface area contributed by atoms with Gasteiger partial charge in [0.2, 0.25) is 11.8 Å². The number of likely N-dealkylation sites (tertiary alicyclic amines) is 2. The zero-order valence-corrected chi connectivity index (χ0v) is 15.5. The summed E-state index contributed by atoms with van der Waals surface area (Å²) in [6.07, 6.45) is 10.9. The molecule has 2 aromatic rings. The number of piperidine rings is 1. The van der Waals surface area contributed by atoms with Crippen LogP contribution >= 0.6 is 0 Å². The summed E-state index contributed by atoms with van der Waals surface area (Å²) >= 11 is 0. The highest BCUT2D eigenvalue weighted by atomic mass is 16.2. The molecule has 7 nitrogen and oxygen atoms in total. The second kappa shape index (κ2) is 7.90. The minimum atomic E-state index is 0.0576. The number of nitrogens with zero attached hydrogens (tertiary/aromatic N) is 5. The summed E-state index contributed by atoms with van der Waals surface area (Å²) in [5.41, 5.74) is 1.18. The fourth-order valence-electron chi connectivity index (χ4n) is 4.05. The van der Waals surface area contributed by atoms with Gasteiger partial charge in [0.25, 0.3) is 0 Å². The van der Waals surface area contributed by atoms with Gasteiger partial charge in [-0.2, -0.15) is 0 Å². The number of imidazole rings is 1. The SMILES string of the molecule is O=C1CCCN1CC(=O)N1CCC[C@@H](c2nccn2Cc2ccncc2)C1. The lowest BCUT2D eigenvalue weighted by atomic mass is 9.97. The third-order valence-electron chi connectivity index (χ3n) is 5.49. The van der Waals surface area contributed by atoms with E-state index in [1.807, 2.05) is 29.4 Å². The number of carbonyl (C=O) groups excluding carboxylic acids is 2. The predicted octanol–water partition coefficient (Wildman–Crippen LogP) is 1.65. The highest BCUT2D eigenvalue weighted by Crippen LogP contribution is 2.26. The second-order valence-electron chi connectivity index (χ2n) is 7.37. The van der Waals surface area contributed by atoms with Gasteiger partial charge in [-0.3, -0.25) is 14.6 Å². The molecule has 2 aromatic heterocycles. The summed E-state index contributed by atoms with van der Waals surface area (Å²) < 4.78 is 2.16. The molecule has 0 aliphatic carbocycles. The zero-order valence-electron chi connectivity index (χ0n) is 15.5. The van der Waals surface area contributed by atoms with Gasteiger partial charge in [-0.15, -0.1) is 0 Å². The highest BCUT2D eigenvalue weighted by molar-refractivity contribution is 5.86. The van der Waals surface area contributed by atoms with Crippen molar-refractivity contribution in [3.8, 4) is 0 Å². The van der Waals surface area contributed by atoms with Crippen molar-refractivity contribution in [2.45, 2.75) is 38.1 Å². The number of hydrogen-bond donors (Lipinski definition) is 0. The Hall–Kier alpha value is -2.70. The van der Waals surface area contributed by atoms with Crippen molar-refractivity contribution in [3.63, 3.8) is 0 Å². The Bertz CT molecular complexity index is 804. The van der Waals surface area contributed by atoms with E-state index in [4.69, 9.17) is 0 Å². The third kappa shape index (κ3) is 4.02. The number of amides is 2. The fraction of sp³-hybridized carbons (Fsp3) is 0.500. The van der Waals surface area contributed by atoms with Gasteiger partial charge in [-0.05, 0) is 37.0 Å². The number of carbonyl (C=O) groups is 2. The normalized spacial score (nSPS) is 20.3. The van der Waals surface area contributed by atoms with Crippen LogP contribution in [0.2, 0.25) is 0 Å². The van der Waals surface area contributed by atoms with Crippen LogP contribution < -0.4 is 0 Å². The van der Waals surface area contributed by atoms with Gasteiger partial charge in [0.05, 0.1) is 6.54 Å². The maximum Gasteiger partial charge on any atom is 0.242 e. The average Bonchev–Trinajstić information content (AvgIpc) is 3.32. The van der Waals surface area contributed by atoms with E-state index in [1.165, 1.54) is 5.56 Å². The second-order valence-corrected chi connectivity index (χ2v) is 7.37. The van der Waals surface area contributed by atoms with Gasteiger partial charge in [-0.25, -0.2) is 4.98 Å². The van der Waals surface area contributed by atoms with E-state index < -0.39 is 0 Å². The van der Waals surface area contributed by atoms with E-state index in [1.54, 1.807) is 17.3 Å². The van der Waals surface area contributed by atoms with Gasteiger partial charge in [0.1, 0.15) is 5.82 Å². The van der Waals surface area contributed by atoms with Crippen LogP contribution in [0.1, 0.15) is 43.0 Å². The Morgan fingerprint density at radius 3 is 2.78 bits per heavy atom. The number of hydrogen-bond acceptors (Lipinski definition) is 4. The van der Waals surface area contributed by atoms with E-state index in [-0.39, 0.29) is 24.3 Å². The van der Waals surface area contributed by atoms with Crippen LogP contribution in [-0.2, 0) is 16.1 Å².